The molecule has 0 bridgehead atoms. The summed E-state index contributed by atoms with van der Waals surface area (Å²) in [5, 5.41) is 8.26. The molecule has 0 amide bonds. The molecule has 100 valence electrons. The number of hydrogen-bond donors (Lipinski definition) is 2. The lowest BCUT2D eigenvalue weighted by molar-refractivity contribution is 0.673. The summed E-state index contributed by atoms with van der Waals surface area (Å²) in [6.45, 7) is 2.17. The molecule has 18 heavy (non-hydrogen) atoms. The van der Waals surface area contributed by atoms with Crippen LogP contribution in [0, 0.1) is 5.41 Å². The minimum atomic E-state index is 0.0540. The van der Waals surface area contributed by atoms with E-state index in [1.165, 1.54) is 0 Å². The van der Waals surface area contributed by atoms with Gasteiger partial charge in [0.05, 0.1) is 0 Å². The van der Waals surface area contributed by atoms with Gasteiger partial charge in [-0.1, -0.05) is 18.5 Å². The SMILES string of the molecule is CCC(CSC)N(C)c1ccc(Cl)cc1C(=N)N. The Bertz CT molecular complexity index is 423. The van der Waals surface area contributed by atoms with E-state index in [-0.39, 0.29) is 5.84 Å². The van der Waals surface area contributed by atoms with Crippen molar-refractivity contribution >= 4 is 34.9 Å². The smallest absolute Gasteiger partial charge is 0.124 e. The first-order chi connectivity index (χ1) is 8.51. The van der Waals surface area contributed by atoms with Crippen molar-refractivity contribution in [2.45, 2.75) is 19.4 Å². The number of rotatable bonds is 6. The minimum absolute atomic E-state index is 0.0540. The molecular formula is C13H20ClN3S. The number of thioether (sulfide) groups is 1. The predicted molar refractivity (Wildman–Crippen MR) is 83.3 cm³/mol. The first-order valence-corrected chi connectivity index (χ1v) is 7.64. The van der Waals surface area contributed by atoms with Crippen LogP contribution in [-0.4, -0.2) is 30.9 Å². The molecule has 0 fully saturated rings. The zero-order chi connectivity index (χ0) is 13.7. The molecule has 0 aromatic heterocycles. The van der Waals surface area contributed by atoms with E-state index >= 15 is 0 Å². The molecule has 1 rings (SSSR count). The highest BCUT2D eigenvalue weighted by atomic mass is 35.5. The summed E-state index contributed by atoms with van der Waals surface area (Å²) in [5.41, 5.74) is 7.29. The lowest BCUT2D eigenvalue weighted by atomic mass is 10.1. The van der Waals surface area contributed by atoms with Crippen molar-refractivity contribution in [3.63, 3.8) is 0 Å². The van der Waals surface area contributed by atoms with Crippen LogP contribution >= 0.6 is 23.4 Å². The third kappa shape index (κ3) is 3.56. The van der Waals surface area contributed by atoms with E-state index < -0.39 is 0 Å². The molecule has 3 nitrogen and oxygen atoms in total. The summed E-state index contributed by atoms with van der Waals surface area (Å²) in [4.78, 5) is 2.18. The van der Waals surface area contributed by atoms with Crippen molar-refractivity contribution in [1.82, 2.24) is 0 Å². The van der Waals surface area contributed by atoms with Crippen molar-refractivity contribution in [2.75, 3.05) is 24.0 Å². The second kappa shape index (κ2) is 6.90. The molecule has 0 aliphatic carbocycles. The van der Waals surface area contributed by atoms with E-state index in [0.29, 0.717) is 16.6 Å². The van der Waals surface area contributed by atoms with E-state index in [9.17, 15) is 0 Å². The Kier molecular flexibility index (Phi) is 5.82. The second-order valence-electron chi connectivity index (χ2n) is 4.20. The van der Waals surface area contributed by atoms with Crippen LogP contribution in [0.5, 0.6) is 0 Å². The van der Waals surface area contributed by atoms with Gasteiger partial charge in [-0.2, -0.15) is 11.8 Å². The Morgan fingerprint density at radius 1 is 1.56 bits per heavy atom. The Morgan fingerprint density at radius 2 is 2.22 bits per heavy atom. The van der Waals surface area contributed by atoms with Crippen LogP contribution in [0.4, 0.5) is 5.69 Å². The molecule has 0 heterocycles. The largest absolute Gasteiger partial charge is 0.384 e. The van der Waals surface area contributed by atoms with Gasteiger partial charge in [0.25, 0.3) is 0 Å². The van der Waals surface area contributed by atoms with Gasteiger partial charge in [-0.05, 0) is 30.9 Å². The van der Waals surface area contributed by atoms with Crippen molar-refractivity contribution in [3.05, 3.63) is 28.8 Å². The van der Waals surface area contributed by atoms with Crippen LogP contribution in [0.15, 0.2) is 18.2 Å². The van der Waals surface area contributed by atoms with Gasteiger partial charge < -0.3 is 10.6 Å². The Hall–Kier alpha value is -0.870. The zero-order valence-electron chi connectivity index (χ0n) is 11.0. The number of amidine groups is 1. The van der Waals surface area contributed by atoms with Gasteiger partial charge in [0.2, 0.25) is 0 Å². The third-order valence-corrected chi connectivity index (χ3v) is 3.96. The highest BCUT2D eigenvalue weighted by Crippen LogP contribution is 2.26. The molecule has 1 atom stereocenters. The van der Waals surface area contributed by atoms with Gasteiger partial charge in [-0.25, -0.2) is 0 Å². The van der Waals surface area contributed by atoms with Crippen LogP contribution in [0.3, 0.4) is 0 Å². The van der Waals surface area contributed by atoms with E-state index in [2.05, 4.69) is 18.1 Å². The second-order valence-corrected chi connectivity index (χ2v) is 5.55. The number of halogens is 1. The Labute approximate surface area is 118 Å². The number of benzene rings is 1. The van der Waals surface area contributed by atoms with Crippen LogP contribution in [-0.2, 0) is 0 Å². The van der Waals surface area contributed by atoms with Gasteiger partial charge in [0.15, 0.2) is 0 Å². The Morgan fingerprint density at radius 3 is 2.72 bits per heavy atom. The monoisotopic (exact) mass is 285 g/mol. The maximum absolute atomic E-state index is 7.65. The highest BCUT2D eigenvalue weighted by Gasteiger charge is 2.17. The summed E-state index contributed by atoms with van der Waals surface area (Å²) in [5.74, 6) is 1.10. The molecule has 0 saturated heterocycles. The quantitative estimate of drug-likeness (QED) is 0.623. The molecule has 3 N–H and O–H groups in total. The maximum Gasteiger partial charge on any atom is 0.124 e. The lowest BCUT2D eigenvalue weighted by Gasteiger charge is -2.30. The number of nitrogen functional groups attached to an aromatic ring is 1. The predicted octanol–water partition coefficient (Wildman–Crippen LogP) is 3.20. The summed E-state index contributed by atoms with van der Waals surface area (Å²) < 4.78 is 0. The first-order valence-electron chi connectivity index (χ1n) is 5.87. The molecule has 0 spiro atoms. The lowest BCUT2D eigenvalue weighted by Crippen LogP contribution is -2.34. The van der Waals surface area contributed by atoms with Gasteiger partial charge in [-0.3, -0.25) is 5.41 Å². The maximum atomic E-state index is 7.65. The van der Waals surface area contributed by atoms with Crippen LogP contribution in [0.1, 0.15) is 18.9 Å². The van der Waals surface area contributed by atoms with Crippen molar-refractivity contribution in [3.8, 4) is 0 Å². The van der Waals surface area contributed by atoms with E-state index in [1.54, 1.807) is 6.07 Å². The zero-order valence-corrected chi connectivity index (χ0v) is 12.6. The molecule has 5 heteroatoms. The standard InChI is InChI=1S/C13H20ClN3S/c1-4-10(8-18-3)17(2)12-6-5-9(14)7-11(12)13(15)16/h5-7,10H,4,8H2,1-3H3,(H3,15,16). The number of nitrogens with two attached hydrogens (primary N) is 1. The minimum Gasteiger partial charge on any atom is -0.384 e. The van der Waals surface area contributed by atoms with Gasteiger partial charge >= 0.3 is 0 Å². The molecule has 0 radical (unpaired) electrons. The van der Waals surface area contributed by atoms with Crippen molar-refractivity contribution in [2.24, 2.45) is 5.73 Å². The number of hydrogen-bond acceptors (Lipinski definition) is 3. The topological polar surface area (TPSA) is 53.1 Å². The number of nitrogens with one attached hydrogen (secondary N) is 1. The fourth-order valence-electron chi connectivity index (χ4n) is 1.92. The van der Waals surface area contributed by atoms with Crippen LogP contribution in [0.2, 0.25) is 5.02 Å². The van der Waals surface area contributed by atoms with E-state index in [1.807, 2.05) is 30.9 Å². The average molecular weight is 286 g/mol. The normalized spacial score (nSPS) is 12.2. The average Bonchev–Trinajstić information content (AvgIpc) is 2.35. The number of nitrogens with zero attached hydrogens (tertiary/aromatic N) is 1. The summed E-state index contributed by atoms with van der Waals surface area (Å²) in [6, 6.07) is 5.95. The van der Waals surface area contributed by atoms with Crippen molar-refractivity contribution < 1.29 is 0 Å². The molecule has 0 aliphatic rings. The Balaban J connectivity index is 3.11. The van der Waals surface area contributed by atoms with Gasteiger partial charge in [0.1, 0.15) is 5.84 Å². The summed E-state index contributed by atoms with van der Waals surface area (Å²) in [6.07, 6.45) is 3.15. The molecule has 1 aromatic carbocycles. The molecule has 1 aromatic rings. The highest BCUT2D eigenvalue weighted by molar-refractivity contribution is 7.98. The van der Waals surface area contributed by atoms with Gasteiger partial charge in [-0.15, -0.1) is 0 Å². The molecule has 1 unspecified atom stereocenters. The van der Waals surface area contributed by atoms with Gasteiger partial charge in [0, 0.05) is 35.1 Å². The first kappa shape index (κ1) is 15.2. The summed E-state index contributed by atoms with van der Waals surface area (Å²) >= 11 is 7.79. The van der Waals surface area contributed by atoms with Crippen LogP contribution < -0.4 is 10.6 Å². The molecular weight excluding hydrogens is 266 g/mol. The number of anilines is 1. The van der Waals surface area contributed by atoms with Crippen LogP contribution in [0.25, 0.3) is 0 Å². The van der Waals surface area contributed by atoms with E-state index in [0.717, 1.165) is 17.9 Å². The molecule has 0 aliphatic heterocycles. The third-order valence-electron chi connectivity index (χ3n) is 3.01. The fraction of sp³-hybridized carbons (Fsp3) is 0.462. The van der Waals surface area contributed by atoms with Crippen molar-refractivity contribution in [1.29, 1.82) is 5.41 Å². The summed E-state index contributed by atoms with van der Waals surface area (Å²) in [7, 11) is 2.04. The van der Waals surface area contributed by atoms with E-state index in [4.69, 9.17) is 22.7 Å². The molecule has 0 saturated carbocycles. The fourth-order valence-corrected chi connectivity index (χ4v) is 2.94.